The second-order valence-electron chi connectivity index (χ2n) is 3.82. The second kappa shape index (κ2) is 9.15. The third kappa shape index (κ3) is 7.24. The molecule has 0 unspecified atom stereocenters. The van der Waals surface area contributed by atoms with E-state index in [-0.39, 0.29) is 26.1 Å². The smallest absolute Gasteiger partial charge is 0.325 e. The maximum Gasteiger partial charge on any atom is 0.325 e. The number of esters is 1. The summed E-state index contributed by atoms with van der Waals surface area (Å²) < 4.78 is 9.34. The number of carbonyl (C=O) groups excluding carboxylic acids is 2. The zero-order chi connectivity index (χ0) is 14.8. The molecule has 19 heavy (non-hydrogen) atoms. The molecule has 0 saturated heterocycles. The van der Waals surface area contributed by atoms with Crippen LogP contribution in [0.4, 0.5) is 4.79 Å². The highest BCUT2D eigenvalue weighted by Crippen LogP contribution is 1.96. The lowest BCUT2D eigenvalue weighted by molar-refractivity contribution is -0.141. The first kappa shape index (κ1) is 17.2. The fourth-order valence-corrected chi connectivity index (χ4v) is 1.18. The Morgan fingerprint density at radius 2 is 1.89 bits per heavy atom. The summed E-state index contributed by atoms with van der Waals surface area (Å²) in [6, 6.07) is -1.56. The fraction of sp³-hybridized carbons (Fsp3) is 0.727. The van der Waals surface area contributed by atoms with Crippen molar-refractivity contribution in [2.24, 2.45) is 0 Å². The van der Waals surface area contributed by atoms with Crippen molar-refractivity contribution in [2.45, 2.75) is 19.4 Å². The number of amides is 2. The summed E-state index contributed by atoms with van der Waals surface area (Å²) in [6.45, 7) is 2.03. The van der Waals surface area contributed by atoms with E-state index in [1.165, 1.54) is 26.0 Å². The van der Waals surface area contributed by atoms with Gasteiger partial charge in [-0.1, -0.05) is 0 Å². The van der Waals surface area contributed by atoms with Gasteiger partial charge >= 0.3 is 18.0 Å². The topological polar surface area (TPSA) is 105 Å². The summed E-state index contributed by atoms with van der Waals surface area (Å²) >= 11 is 0. The SMILES string of the molecule is COCCN(CCC(=O)OC)C(=O)N[C@H](C)C(=O)O. The van der Waals surface area contributed by atoms with Crippen LogP contribution < -0.4 is 5.32 Å². The Labute approximate surface area is 111 Å². The maximum atomic E-state index is 11.8. The molecule has 0 fully saturated rings. The highest BCUT2D eigenvalue weighted by atomic mass is 16.5. The van der Waals surface area contributed by atoms with Crippen molar-refractivity contribution in [1.29, 1.82) is 0 Å². The van der Waals surface area contributed by atoms with Gasteiger partial charge in [-0.05, 0) is 6.92 Å². The molecule has 2 N–H and O–H groups in total. The Hall–Kier alpha value is -1.83. The molecule has 0 aliphatic rings. The molecule has 0 aliphatic heterocycles. The average molecular weight is 276 g/mol. The molecule has 8 heteroatoms. The number of hydrogen-bond donors (Lipinski definition) is 2. The number of nitrogens with zero attached hydrogens (tertiary/aromatic N) is 1. The highest BCUT2D eigenvalue weighted by Gasteiger charge is 2.19. The van der Waals surface area contributed by atoms with Gasteiger partial charge in [0.25, 0.3) is 0 Å². The molecule has 110 valence electrons. The van der Waals surface area contributed by atoms with Crippen LogP contribution in [0.5, 0.6) is 0 Å². The number of carboxylic acids is 1. The summed E-state index contributed by atoms with van der Waals surface area (Å²) in [6.07, 6.45) is 0.0368. The lowest BCUT2D eigenvalue weighted by atomic mass is 10.3. The fourth-order valence-electron chi connectivity index (χ4n) is 1.18. The van der Waals surface area contributed by atoms with Gasteiger partial charge in [0.05, 0.1) is 20.1 Å². The van der Waals surface area contributed by atoms with Crippen molar-refractivity contribution in [3.63, 3.8) is 0 Å². The first-order valence-corrected chi connectivity index (χ1v) is 5.76. The van der Waals surface area contributed by atoms with Crippen molar-refractivity contribution in [1.82, 2.24) is 10.2 Å². The van der Waals surface area contributed by atoms with E-state index in [0.29, 0.717) is 0 Å². The van der Waals surface area contributed by atoms with Crippen LogP contribution in [-0.2, 0) is 19.1 Å². The van der Waals surface area contributed by atoms with Crippen LogP contribution >= 0.6 is 0 Å². The Balaban J connectivity index is 4.41. The molecule has 0 aromatic carbocycles. The number of aliphatic carboxylic acids is 1. The van der Waals surface area contributed by atoms with E-state index in [0.717, 1.165) is 0 Å². The predicted molar refractivity (Wildman–Crippen MR) is 65.7 cm³/mol. The number of hydrogen-bond acceptors (Lipinski definition) is 5. The van der Waals surface area contributed by atoms with Crippen LogP contribution in [0.2, 0.25) is 0 Å². The molecule has 8 nitrogen and oxygen atoms in total. The van der Waals surface area contributed by atoms with Crippen LogP contribution in [-0.4, -0.2) is 67.9 Å². The summed E-state index contributed by atoms with van der Waals surface area (Å²) in [5.74, 6) is -1.57. The van der Waals surface area contributed by atoms with Crippen LogP contribution in [0, 0.1) is 0 Å². The van der Waals surface area contributed by atoms with E-state index in [4.69, 9.17) is 9.84 Å². The molecule has 1 atom stereocenters. The monoisotopic (exact) mass is 276 g/mol. The quantitative estimate of drug-likeness (QED) is 0.589. The van der Waals surface area contributed by atoms with E-state index >= 15 is 0 Å². The number of methoxy groups -OCH3 is 2. The molecule has 0 aromatic heterocycles. The van der Waals surface area contributed by atoms with Gasteiger partial charge in [0.2, 0.25) is 0 Å². The first-order valence-electron chi connectivity index (χ1n) is 5.76. The van der Waals surface area contributed by atoms with E-state index in [9.17, 15) is 14.4 Å². The lowest BCUT2D eigenvalue weighted by Gasteiger charge is -2.23. The first-order chi connectivity index (χ1) is 8.92. The van der Waals surface area contributed by atoms with Gasteiger partial charge < -0.3 is 24.8 Å². The zero-order valence-electron chi connectivity index (χ0n) is 11.3. The summed E-state index contributed by atoms with van der Waals surface area (Å²) in [5.41, 5.74) is 0. The molecule has 0 aliphatic carbocycles. The normalized spacial score (nSPS) is 11.5. The van der Waals surface area contributed by atoms with Gasteiger partial charge in [0, 0.05) is 20.2 Å². The predicted octanol–water partition coefficient (Wildman–Crippen LogP) is -0.319. The van der Waals surface area contributed by atoms with Crippen molar-refractivity contribution < 1.29 is 29.0 Å². The van der Waals surface area contributed by atoms with Crippen LogP contribution in [0.15, 0.2) is 0 Å². The van der Waals surface area contributed by atoms with E-state index in [1.54, 1.807) is 0 Å². The minimum Gasteiger partial charge on any atom is -0.480 e. The van der Waals surface area contributed by atoms with Crippen molar-refractivity contribution in [3.05, 3.63) is 0 Å². The Kier molecular flexibility index (Phi) is 8.27. The Bertz CT molecular complexity index is 320. The maximum absolute atomic E-state index is 11.8. The van der Waals surface area contributed by atoms with Gasteiger partial charge in [-0.2, -0.15) is 0 Å². The van der Waals surface area contributed by atoms with Crippen LogP contribution in [0.25, 0.3) is 0 Å². The molecule has 2 amide bonds. The average Bonchev–Trinajstić information content (AvgIpc) is 2.37. The van der Waals surface area contributed by atoms with E-state index in [2.05, 4.69) is 10.1 Å². The van der Waals surface area contributed by atoms with Crippen LogP contribution in [0.1, 0.15) is 13.3 Å². The number of urea groups is 1. The standard InChI is InChI=1S/C11H20N2O6/c1-8(10(15)16)12-11(17)13(6-7-18-2)5-4-9(14)19-3/h8H,4-7H2,1-3H3,(H,12,17)(H,15,16)/t8-/m1/s1. The van der Waals surface area contributed by atoms with Crippen molar-refractivity contribution in [3.8, 4) is 0 Å². The third-order valence-electron chi connectivity index (χ3n) is 2.38. The molecule has 0 saturated carbocycles. The van der Waals surface area contributed by atoms with Crippen molar-refractivity contribution in [2.75, 3.05) is 33.9 Å². The lowest BCUT2D eigenvalue weighted by Crippen LogP contribution is -2.48. The number of rotatable bonds is 8. The molecule has 0 rings (SSSR count). The van der Waals surface area contributed by atoms with Crippen molar-refractivity contribution >= 4 is 18.0 Å². The molecule has 0 heterocycles. The number of nitrogens with one attached hydrogen (secondary N) is 1. The highest BCUT2D eigenvalue weighted by molar-refractivity contribution is 5.82. The Morgan fingerprint density at radius 3 is 2.37 bits per heavy atom. The third-order valence-corrected chi connectivity index (χ3v) is 2.38. The summed E-state index contributed by atoms with van der Waals surface area (Å²) in [7, 11) is 2.74. The number of carbonyl (C=O) groups is 3. The van der Waals surface area contributed by atoms with Gasteiger partial charge in [-0.15, -0.1) is 0 Å². The minimum absolute atomic E-state index is 0.0368. The zero-order valence-corrected chi connectivity index (χ0v) is 11.3. The molecular formula is C11H20N2O6. The minimum atomic E-state index is -1.13. The number of ether oxygens (including phenoxy) is 2. The molecular weight excluding hydrogens is 256 g/mol. The Morgan fingerprint density at radius 1 is 1.26 bits per heavy atom. The van der Waals surface area contributed by atoms with Gasteiger partial charge in [0.1, 0.15) is 6.04 Å². The largest absolute Gasteiger partial charge is 0.480 e. The van der Waals surface area contributed by atoms with E-state index in [1.807, 2.05) is 0 Å². The van der Waals surface area contributed by atoms with Crippen LogP contribution in [0.3, 0.4) is 0 Å². The summed E-state index contributed by atoms with van der Waals surface area (Å²) in [5, 5.41) is 11.0. The van der Waals surface area contributed by atoms with Gasteiger partial charge in [0.15, 0.2) is 0 Å². The molecule has 0 spiro atoms. The van der Waals surface area contributed by atoms with Gasteiger partial charge in [-0.3, -0.25) is 9.59 Å². The van der Waals surface area contributed by atoms with E-state index < -0.39 is 24.0 Å². The molecule has 0 radical (unpaired) electrons. The second-order valence-corrected chi connectivity index (χ2v) is 3.82. The molecule has 0 bridgehead atoms. The summed E-state index contributed by atoms with van der Waals surface area (Å²) in [4.78, 5) is 34.8. The number of carboxylic acid groups (broad SMARTS) is 1. The van der Waals surface area contributed by atoms with Gasteiger partial charge in [-0.25, -0.2) is 4.79 Å². The molecule has 0 aromatic rings.